The molecule has 5 nitrogen and oxygen atoms in total. The van der Waals surface area contributed by atoms with E-state index in [0.717, 1.165) is 0 Å². The average Bonchev–Trinajstić information content (AvgIpc) is 3.10. The lowest BCUT2D eigenvalue weighted by atomic mass is 10.2. The molecule has 0 fully saturated rings. The molecular weight excluding hydrogens is 351 g/mol. The van der Waals surface area contributed by atoms with Crippen molar-refractivity contribution in [2.45, 2.75) is 5.03 Å². The van der Waals surface area contributed by atoms with Crippen molar-refractivity contribution in [1.29, 1.82) is 0 Å². The summed E-state index contributed by atoms with van der Waals surface area (Å²) in [6.45, 7) is 0. The van der Waals surface area contributed by atoms with Gasteiger partial charge in [-0.3, -0.25) is 4.79 Å². The van der Waals surface area contributed by atoms with Crippen LogP contribution >= 0.6 is 11.8 Å². The van der Waals surface area contributed by atoms with Gasteiger partial charge >= 0.3 is 0 Å². The highest BCUT2D eigenvalue weighted by atomic mass is 32.2. The Morgan fingerprint density at radius 2 is 1.73 bits per heavy atom. The fourth-order valence-electron chi connectivity index (χ4n) is 2.47. The van der Waals surface area contributed by atoms with Gasteiger partial charge in [-0.15, -0.1) is 10.2 Å². The Bertz CT molecular complexity index is 1060. The summed E-state index contributed by atoms with van der Waals surface area (Å²) in [6, 6.07) is 18.8. The van der Waals surface area contributed by atoms with Gasteiger partial charge in [-0.05, 0) is 36.4 Å². The number of Topliss-reactive ketones (excluding diaryl/α,β-unsaturated/α-hetero) is 1. The molecule has 2 aromatic carbocycles. The van der Waals surface area contributed by atoms with Gasteiger partial charge in [0.25, 0.3) is 0 Å². The fourth-order valence-corrected chi connectivity index (χ4v) is 3.22. The third kappa shape index (κ3) is 3.34. The number of ketones is 1. The van der Waals surface area contributed by atoms with Crippen LogP contribution in [-0.4, -0.2) is 31.3 Å². The minimum Gasteiger partial charge on any atom is -0.293 e. The molecule has 0 aliphatic carbocycles. The molecule has 0 bridgehead atoms. The number of carbonyl (C=O) groups excluding carboxylic acids is 1. The first-order valence-corrected chi connectivity index (χ1v) is 8.89. The average molecular weight is 364 g/mol. The number of carbonyl (C=O) groups is 1. The van der Waals surface area contributed by atoms with E-state index in [-0.39, 0.29) is 17.4 Å². The molecule has 0 saturated carbocycles. The van der Waals surface area contributed by atoms with Gasteiger partial charge in [0.05, 0.1) is 5.75 Å². The SMILES string of the molecule is O=C(CSc1ccc2nnc(-c3ccc(F)cc3)n2n1)c1ccccc1. The maximum atomic E-state index is 13.1. The van der Waals surface area contributed by atoms with Crippen molar-refractivity contribution in [3.05, 3.63) is 78.1 Å². The van der Waals surface area contributed by atoms with Crippen LogP contribution < -0.4 is 0 Å². The Balaban J connectivity index is 1.58. The Morgan fingerprint density at radius 3 is 2.50 bits per heavy atom. The second kappa shape index (κ2) is 7.05. The molecule has 128 valence electrons. The molecule has 4 rings (SSSR count). The standard InChI is InChI=1S/C19H13FN4OS/c20-15-8-6-14(7-9-15)19-22-21-17-10-11-18(23-24(17)19)26-12-16(25)13-4-2-1-3-5-13/h1-11H,12H2. The van der Waals surface area contributed by atoms with Crippen LogP contribution in [-0.2, 0) is 0 Å². The van der Waals surface area contributed by atoms with E-state index in [4.69, 9.17) is 0 Å². The van der Waals surface area contributed by atoms with Crippen LogP contribution in [0.3, 0.4) is 0 Å². The lowest BCUT2D eigenvalue weighted by molar-refractivity contribution is 0.102. The maximum Gasteiger partial charge on any atom is 0.185 e. The highest BCUT2D eigenvalue weighted by Crippen LogP contribution is 2.21. The number of hydrogen-bond acceptors (Lipinski definition) is 5. The molecule has 2 aromatic heterocycles. The molecule has 7 heteroatoms. The number of rotatable bonds is 5. The Labute approximate surface area is 152 Å². The molecule has 26 heavy (non-hydrogen) atoms. The molecule has 0 saturated heterocycles. The van der Waals surface area contributed by atoms with Gasteiger partial charge in [0.2, 0.25) is 0 Å². The molecule has 2 heterocycles. The van der Waals surface area contributed by atoms with Gasteiger partial charge in [0.1, 0.15) is 10.8 Å². The lowest BCUT2D eigenvalue weighted by Crippen LogP contribution is -2.03. The molecule has 0 unspecified atom stereocenters. The summed E-state index contributed by atoms with van der Waals surface area (Å²) in [4.78, 5) is 12.2. The quantitative estimate of drug-likeness (QED) is 0.397. The van der Waals surface area contributed by atoms with E-state index in [1.54, 1.807) is 40.9 Å². The van der Waals surface area contributed by atoms with Crippen LogP contribution in [0, 0.1) is 5.82 Å². The van der Waals surface area contributed by atoms with Crippen molar-refractivity contribution in [2.75, 3.05) is 5.75 Å². The summed E-state index contributed by atoms with van der Waals surface area (Å²) in [5.74, 6) is 0.541. The normalized spacial score (nSPS) is 11.0. The van der Waals surface area contributed by atoms with Crippen LogP contribution in [0.5, 0.6) is 0 Å². The summed E-state index contributed by atoms with van der Waals surface area (Å²) in [5, 5.41) is 13.4. The maximum absolute atomic E-state index is 13.1. The molecule has 0 aliphatic heterocycles. The number of thioether (sulfide) groups is 1. The van der Waals surface area contributed by atoms with Crippen LogP contribution in [0.25, 0.3) is 17.0 Å². The van der Waals surface area contributed by atoms with Gasteiger partial charge < -0.3 is 0 Å². The predicted molar refractivity (Wildman–Crippen MR) is 97.7 cm³/mol. The second-order valence-corrected chi connectivity index (χ2v) is 6.55. The van der Waals surface area contributed by atoms with Crippen molar-refractivity contribution >= 4 is 23.2 Å². The first-order valence-electron chi connectivity index (χ1n) is 7.90. The van der Waals surface area contributed by atoms with Gasteiger partial charge in [-0.1, -0.05) is 42.1 Å². The van der Waals surface area contributed by atoms with Gasteiger partial charge in [-0.25, -0.2) is 4.39 Å². The monoisotopic (exact) mass is 364 g/mol. The van der Waals surface area contributed by atoms with E-state index in [2.05, 4.69) is 15.3 Å². The van der Waals surface area contributed by atoms with Crippen LogP contribution in [0.15, 0.2) is 71.8 Å². The Hall–Kier alpha value is -3.06. The zero-order valence-electron chi connectivity index (χ0n) is 13.5. The highest BCUT2D eigenvalue weighted by Gasteiger charge is 2.12. The van der Waals surface area contributed by atoms with E-state index < -0.39 is 0 Å². The molecule has 0 amide bonds. The number of nitrogens with zero attached hydrogens (tertiary/aromatic N) is 4. The fraction of sp³-hybridized carbons (Fsp3) is 0.0526. The summed E-state index contributed by atoms with van der Waals surface area (Å²) >= 11 is 1.35. The third-order valence-corrected chi connectivity index (χ3v) is 4.71. The molecule has 0 radical (unpaired) electrons. The number of aromatic nitrogens is 4. The first-order chi connectivity index (χ1) is 12.7. The van der Waals surface area contributed by atoms with Crippen LogP contribution in [0.1, 0.15) is 10.4 Å². The first kappa shape index (κ1) is 16.4. The number of fused-ring (bicyclic) bond motifs is 1. The largest absolute Gasteiger partial charge is 0.293 e. The number of halogens is 1. The third-order valence-electron chi connectivity index (χ3n) is 3.79. The van der Waals surface area contributed by atoms with E-state index in [9.17, 15) is 9.18 Å². The molecule has 0 aliphatic rings. The summed E-state index contributed by atoms with van der Waals surface area (Å²) in [6.07, 6.45) is 0. The van der Waals surface area contributed by atoms with Crippen molar-refractivity contribution < 1.29 is 9.18 Å². The minimum absolute atomic E-state index is 0.0417. The van der Waals surface area contributed by atoms with Crippen molar-refractivity contribution in [3.8, 4) is 11.4 Å². The van der Waals surface area contributed by atoms with E-state index in [1.807, 2.05) is 18.2 Å². The molecule has 0 spiro atoms. The van der Waals surface area contributed by atoms with E-state index in [1.165, 1.54) is 23.9 Å². The zero-order chi connectivity index (χ0) is 17.9. The van der Waals surface area contributed by atoms with Gasteiger partial charge in [0.15, 0.2) is 17.3 Å². The zero-order valence-corrected chi connectivity index (χ0v) is 14.4. The topological polar surface area (TPSA) is 60.2 Å². The van der Waals surface area contributed by atoms with Crippen LogP contribution in [0.2, 0.25) is 0 Å². The molecular formula is C19H13FN4OS. The smallest absolute Gasteiger partial charge is 0.185 e. The number of benzene rings is 2. The summed E-state index contributed by atoms with van der Waals surface area (Å²) < 4.78 is 14.7. The van der Waals surface area contributed by atoms with Gasteiger partial charge in [-0.2, -0.15) is 9.61 Å². The van der Waals surface area contributed by atoms with Gasteiger partial charge in [0, 0.05) is 11.1 Å². The van der Waals surface area contributed by atoms with Crippen molar-refractivity contribution in [1.82, 2.24) is 19.8 Å². The van der Waals surface area contributed by atoms with E-state index >= 15 is 0 Å². The summed E-state index contributed by atoms with van der Waals surface area (Å²) in [5.41, 5.74) is 1.98. The minimum atomic E-state index is -0.314. The Kier molecular flexibility index (Phi) is 4.45. The summed E-state index contributed by atoms with van der Waals surface area (Å²) in [7, 11) is 0. The molecule has 4 aromatic rings. The van der Waals surface area contributed by atoms with Crippen molar-refractivity contribution in [2.24, 2.45) is 0 Å². The van der Waals surface area contributed by atoms with E-state index in [0.29, 0.717) is 27.6 Å². The number of hydrogen-bond donors (Lipinski definition) is 0. The van der Waals surface area contributed by atoms with Crippen molar-refractivity contribution in [3.63, 3.8) is 0 Å². The lowest BCUT2D eigenvalue weighted by Gasteiger charge is -2.03. The molecule has 0 N–H and O–H groups in total. The van der Waals surface area contributed by atoms with Crippen LogP contribution in [0.4, 0.5) is 4.39 Å². The Morgan fingerprint density at radius 1 is 0.962 bits per heavy atom. The second-order valence-electron chi connectivity index (χ2n) is 5.55. The predicted octanol–water partition coefficient (Wildman–Crippen LogP) is 3.91. The highest BCUT2D eigenvalue weighted by molar-refractivity contribution is 7.99. The molecule has 0 atom stereocenters.